The third-order valence-electron chi connectivity index (χ3n) is 4.70. The second kappa shape index (κ2) is 13.3. The Balaban J connectivity index is 2.35. The summed E-state index contributed by atoms with van der Waals surface area (Å²) in [6.07, 6.45) is 2.79. The number of rotatable bonds is 13. The molecule has 1 aliphatic heterocycles. The van der Waals surface area contributed by atoms with Crippen LogP contribution in [0, 0.1) is 0 Å². The van der Waals surface area contributed by atoms with Crippen molar-refractivity contribution in [3.63, 3.8) is 0 Å². The average molecular weight is 466 g/mol. The normalized spacial score (nSPS) is 15.4. The number of carbonyl (C=O) groups excluding carboxylic acids is 2. The maximum Gasteiger partial charge on any atom is 0.416 e. The summed E-state index contributed by atoms with van der Waals surface area (Å²) >= 11 is 0. The van der Waals surface area contributed by atoms with E-state index in [1.807, 2.05) is 0 Å². The van der Waals surface area contributed by atoms with E-state index in [-0.39, 0.29) is 55.5 Å². The molecule has 1 unspecified atom stereocenters. The summed E-state index contributed by atoms with van der Waals surface area (Å²) in [5, 5.41) is 8.80. The van der Waals surface area contributed by atoms with Crippen LogP contribution in [-0.4, -0.2) is 63.0 Å². The Morgan fingerprint density at radius 2 is 2.09 bits per heavy atom. The van der Waals surface area contributed by atoms with Gasteiger partial charge in [0.05, 0.1) is 25.0 Å². The third-order valence-corrected chi connectivity index (χ3v) is 4.70. The lowest BCUT2D eigenvalue weighted by Gasteiger charge is -2.28. The molecule has 2 amide bonds. The van der Waals surface area contributed by atoms with E-state index in [0.717, 1.165) is 17.7 Å². The zero-order chi connectivity index (χ0) is 24.2. The summed E-state index contributed by atoms with van der Waals surface area (Å²) in [6, 6.07) is 2.75. The van der Waals surface area contributed by atoms with E-state index in [0.29, 0.717) is 13.0 Å². The fourth-order valence-corrected chi connectivity index (χ4v) is 3.08. The summed E-state index contributed by atoms with van der Waals surface area (Å²) in [7, 11) is 1.38. The van der Waals surface area contributed by atoms with Crippen LogP contribution < -0.4 is 20.1 Å². The van der Waals surface area contributed by atoms with Gasteiger partial charge in [0.15, 0.2) is 17.8 Å². The number of primary amides is 1. The second-order valence-corrected chi connectivity index (χ2v) is 7.12. The fraction of sp³-hybridized carbons (Fsp3) is 0.500. The molecule has 11 nitrogen and oxygen atoms in total. The zero-order valence-corrected chi connectivity index (χ0v) is 18.6. The molecule has 11 heteroatoms. The van der Waals surface area contributed by atoms with Crippen molar-refractivity contribution < 1.29 is 43.2 Å². The van der Waals surface area contributed by atoms with E-state index in [2.05, 4.69) is 6.58 Å². The molecule has 1 aromatic carbocycles. The SMILES string of the molecule is C=CCOC(=O)N(COC1CCCCO1)c1cc(OCCCC(=O)O)c(OC)cc1C(N)=O. The van der Waals surface area contributed by atoms with Gasteiger partial charge in [-0.1, -0.05) is 12.7 Å². The van der Waals surface area contributed by atoms with Crippen LogP contribution in [-0.2, 0) is 19.0 Å². The van der Waals surface area contributed by atoms with Crippen molar-refractivity contribution in [2.45, 2.75) is 38.4 Å². The van der Waals surface area contributed by atoms with Crippen LogP contribution in [0.1, 0.15) is 42.5 Å². The van der Waals surface area contributed by atoms with Crippen molar-refractivity contribution in [2.24, 2.45) is 5.73 Å². The quantitative estimate of drug-likeness (QED) is 0.254. The molecule has 0 aliphatic carbocycles. The minimum absolute atomic E-state index is 0.0200. The predicted molar refractivity (Wildman–Crippen MR) is 117 cm³/mol. The van der Waals surface area contributed by atoms with Gasteiger partial charge >= 0.3 is 12.1 Å². The van der Waals surface area contributed by atoms with Gasteiger partial charge in [0.2, 0.25) is 0 Å². The number of hydrogen-bond acceptors (Lipinski definition) is 8. The van der Waals surface area contributed by atoms with Crippen LogP contribution in [0.4, 0.5) is 10.5 Å². The molecule has 2 rings (SSSR count). The van der Waals surface area contributed by atoms with E-state index in [1.54, 1.807) is 0 Å². The van der Waals surface area contributed by atoms with Crippen molar-refractivity contribution in [1.29, 1.82) is 0 Å². The summed E-state index contributed by atoms with van der Waals surface area (Å²) in [5.74, 6) is -1.37. The number of carboxylic acid groups (broad SMARTS) is 1. The van der Waals surface area contributed by atoms with Crippen LogP contribution in [0.2, 0.25) is 0 Å². The number of anilines is 1. The van der Waals surface area contributed by atoms with Gasteiger partial charge in [-0.25, -0.2) is 4.79 Å². The third kappa shape index (κ3) is 7.95. The zero-order valence-electron chi connectivity index (χ0n) is 18.6. The van der Waals surface area contributed by atoms with Crippen LogP contribution in [0.5, 0.6) is 11.5 Å². The number of carbonyl (C=O) groups is 3. The Kier molecular flexibility index (Phi) is 10.4. The Morgan fingerprint density at radius 3 is 2.70 bits per heavy atom. The van der Waals surface area contributed by atoms with Crippen molar-refractivity contribution in [3.8, 4) is 11.5 Å². The molecular weight excluding hydrogens is 436 g/mol. The highest BCUT2D eigenvalue weighted by Gasteiger charge is 2.27. The molecule has 0 spiro atoms. The van der Waals surface area contributed by atoms with E-state index in [4.69, 9.17) is 34.5 Å². The van der Waals surface area contributed by atoms with Crippen LogP contribution in [0.3, 0.4) is 0 Å². The molecule has 1 atom stereocenters. The molecule has 1 heterocycles. The summed E-state index contributed by atoms with van der Waals surface area (Å²) < 4.78 is 27.4. The molecule has 1 fully saturated rings. The molecule has 0 aromatic heterocycles. The molecule has 1 saturated heterocycles. The first-order valence-corrected chi connectivity index (χ1v) is 10.5. The van der Waals surface area contributed by atoms with Gasteiger partial charge in [0.25, 0.3) is 5.91 Å². The van der Waals surface area contributed by atoms with Crippen LogP contribution in [0.15, 0.2) is 24.8 Å². The molecule has 1 aromatic rings. The second-order valence-electron chi connectivity index (χ2n) is 7.12. The highest BCUT2D eigenvalue weighted by molar-refractivity contribution is 6.03. The minimum Gasteiger partial charge on any atom is -0.493 e. The predicted octanol–water partition coefficient (Wildman–Crippen LogP) is 2.67. The van der Waals surface area contributed by atoms with Crippen molar-refractivity contribution in [1.82, 2.24) is 0 Å². The molecule has 0 bridgehead atoms. The van der Waals surface area contributed by atoms with E-state index < -0.39 is 24.3 Å². The molecule has 33 heavy (non-hydrogen) atoms. The van der Waals surface area contributed by atoms with Gasteiger partial charge in [-0.3, -0.25) is 14.5 Å². The van der Waals surface area contributed by atoms with Gasteiger partial charge in [0.1, 0.15) is 13.3 Å². The topological polar surface area (TPSA) is 147 Å². The van der Waals surface area contributed by atoms with E-state index in [9.17, 15) is 14.4 Å². The lowest BCUT2D eigenvalue weighted by atomic mass is 10.1. The summed E-state index contributed by atoms with van der Waals surface area (Å²) in [5.41, 5.74) is 5.62. The maximum absolute atomic E-state index is 12.8. The van der Waals surface area contributed by atoms with Crippen molar-refractivity contribution >= 4 is 23.7 Å². The standard InChI is InChI=1S/C22H30N2O9/c1-3-9-32-22(28)24(14-33-20-8-4-5-10-31-20)16-13-18(30-11-6-7-19(25)26)17(29-2)12-15(16)21(23)27/h3,12-13,20H,1,4-11,14H2,2H3,(H2,23,27)(H,25,26). The summed E-state index contributed by atoms with van der Waals surface area (Å²) in [6.45, 7) is 3.82. The number of ether oxygens (including phenoxy) is 5. The first-order valence-electron chi connectivity index (χ1n) is 10.5. The average Bonchev–Trinajstić information content (AvgIpc) is 2.80. The van der Waals surface area contributed by atoms with E-state index >= 15 is 0 Å². The molecule has 3 N–H and O–H groups in total. The molecule has 182 valence electrons. The first kappa shape index (κ1) is 25.9. The van der Waals surface area contributed by atoms with Crippen molar-refractivity contribution in [2.75, 3.05) is 38.6 Å². The van der Waals surface area contributed by atoms with Gasteiger partial charge in [0, 0.05) is 19.1 Å². The van der Waals surface area contributed by atoms with Crippen LogP contribution in [0.25, 0.3) is 0 Å². The van der Waals surface area contributed by atoms with Gasteiger partial charge < -0.3 is 34.5 Å². The Labute approximate surface area is 192 Å². The van der Waals surface area contributed by atoms with Crippen molar-refractivity contribution in [3.05, 3.63) is 30.4 Å². The monoisotopic (exact) mass is 466 g/mol. The lowest BCUT2D eigenvalue weighted by molar-refractivity contribution is -0.161. The maximum atomic E-state index is 12.8. The van der Waals surface area contributed by atoms with Gasteiger partial charge in [-0.05, 0) is 31.7 Å². The molecule has 0 radical (unpaired) electrons. The Bertz CT molecular complexity index is 837. The molecular formula is C22H30N2O9. The number of nitrogens with zero attached hydrogens (tertiary/aromatic N) is 1. The Morgan fingerprint density at radius 1 is 1.30 bits per heavy atom. The van der Waals surface area contributed by atoms with Crippen LogP contribution >= 0.6 is 0 Å². The molecule has 1 aliphatic rings. The number of hydrogen-bond donors (Lipinski definition) is 2. The number of nitrogens with two attached hydrogens (primary N) is 1. The number of benzene rings is 1. The number of aliphatic carboxylic acids is 1. The minimum atomic E-state index is -0.950. The highest BCUT2D eigenvalue weighted by atomic mass is 16.7. The van der Waals surface area contributed by atoms with E-state index in [1.165, 1.54) is 25.3 Å². The largest absolute Gasteiger partial charge is 0.493 e. The number of amides is 2. The summed E-state index contributed by atoms with van der Waals surface area (Å²) in [4.78, 5) is 36.8. The Hall–Kier alpha value is -3.31. The fourth-order valence-electron chi connectivity index (χ4n) is 3.08. The number of carboxylic acids is 1. The molecule has 0 saturated carbocycles. The highest BCUT2D eigenvalue weighted by Crippen LogP contribution is 2.36. The lowest BCUT2D eigenvalue weighted by Crippen LogP contribution is -2.38. The number of methoxy groups -OCH3 is 1. The van der Waals surface area contributed by atoms with Gasteiger partial charge in [-0.15, -0.1) is 0 Å². The van der Waals surface area contributed by atoms with Gasteiger partial charge in [-0.2, -0.15) is 0 Å². The smallest absolute Gasteiger partial charge is 0.416 e. The first-order chi connectivity index (χ1) is 15.9.